The third kappa shape index (κ3) is 4.10. The molecular formula is C14H21F3NP. The van der Waals surface area contributed by atoms with Crippen LogP contribution >= 0.6 is 9.24 Å². The summed E-state index contributed by atoms with van der Waals surface area (Å²) < 4.78 is 40.6. The Hall–Kier alpha value is -0.760. The Morgan fingerprint density at radius 3 is 2.26 bits per heavy atom. The molecule has 0 heterocycles. The Balaban J connectivity index is 3.04. The first-order valence-electron chi connectivity index (χ1n) is 6.40. The van der Waals surface area contributed by atoms with Gasteiger partial charge in [-0.1, -0.05) is 30.0 Å². The van der Waals surface area contributed by atoms with E-state index in [9.17, 15) is 13.2 Å². The van der Waals surface area contributed by atoms with Crippen molar-refractivity contribution in [3.05, 3.63) is 29.1 Å². The van der Waals surface area contributed by atoms with Gasteiger partial charge in [0.15, 0.2) is 0 Å². The number of benzene rings is 1. The second kappa shape index (κ2) is 6.13. The van der Waals surface area contributed by atoms with Crippen molar-refractivity contribution in [1.82, 2.24) is 0 Å². The second-order valence-corrected chi connectivity index (χ2v) is 5.89. The van der Waals surface area contributed by atoms with Crippen LogP contribution in [0.25, 0.3) is 0 Å². The molecule has 0 amide bonds. The van der Waals surface area contributed by atoms with Crippen LogP contribution in [0.15, 0.2) is 12.1 Å². The van der Waals surface area contributed by atoms with Crippen molar-refractivity contribution >= 4 is 14.9 Å². The van der Waals surface area contributed by atoms with E-state index in [1.165, 1.54) is 15.3 Å². The Bertz CT molecular complexity index is 418. The molecule has 1 N–H and O–H groups in total. The summed E-state index contributed by atoms with van der Waals surface area (Å²) in [5.41, 5.74) is -1.11. The highest BCUT2D eigenvalue weighted by Gasteiger charge is 2.32. The smallest absolute Gasteiger partial charge is 0.278 e. The van der Waals surface area contributed by atoms with Gasteiger partial charge >= 0.3 is 0 Å². The molecule has 0 radical (unpaired) electrons. The van der Waals surface area contributed by atoms with E-state index in [1.54, 1.807) is 19.9 Å². The van der Waals surface area contributed by atoms with Crippen LogP contribution in [0.5, 0.6) is 0 Å². The molecule has 0 fully saturated rings. The zero-order chi connectivity index (χ0) is 14.8. The molecule has 2 unspecified atom stereocenters. The molecule has 1 rings (SSSR count). The summed E-state index contributed by atoms with van der Waals surface area (Å²) in [6, 6.07) is 1.99. The van der Waals surface area contributed by atoms with E-state index in [1.807, 2.05) is 13.8 Å². The van der Waals surface area contributed by atoms with Gasteiger partial charge in [-0.25, -0.2) is 13.2 Å². The average Bonchev–Trinajstić information content (AvgIpc) is 2.22. The Morgan fingerprint density at radius 1 is 1.32 bits per heavy atom. The summed E-state index contributed by atoms with van der Waals surface area (Å²) in [4.78, 5) is 0. The molecule has 0 aliphatic heterocycles. The Kier molecular flexibility index (Phi) is 5.26. The minimum Gasteiger partial charge on any atom is -0.376 e. The topological polar surface area (TPSA) is 12.0 Å². The fourth-order valence-corrected chi connectivity index (χ4v) is 2.56. The van der Waals surface area contributed by atoms with Gasteiger partial charge in [-0.2, -0.15) is 0 Å². The van der Waals surface area contributed by atoms with Gasteiger partial charge < -0.3 is 5.32 Å². The van der Waals surface area contributed by atoms with Gasteiger partial charge in [0, 0.05) is 5.69 Å². The third-order valence-corrected chi connectivity index (χ3v) is 3.53. The predicted octanol–water partition coefficient (Wildman–Crippen LogP) is 4.92. The molecule has 5 heteroatoms. The largest absolute Gasteiger partial charge is 0.376 e. The van der Waals surface area contributed by atoms with Gasteiger partial charge in [0.2, 0.25) is 0 Å². The third-order valence-electron chi connectivity index (χ3n) is 3.13. The van der Waals surface area contributed by atoms with Gasteiger partial charge in [0.1, 0.15) is 5.82 Å². The predicted molar refractivity (Wildman–Crippen MR) is 77.6 cm³/mol. The minimum absolute atomic E-state index is 0.0687. The van der Waals surface area contributed by atoms with Crippen LogP contribution in [0.2, 0.25) is 0 Å². The van der Waals surface area contributed by atoms with Gasteiger partial charge in [-0.05, 0) is 42.5 Å². The van der Waals surface area contributed by atoms with Crippen LogP contribution in [0.3, 0.4) is 0 Å². The molecule has 0 aliphatic carbocycles. The van der Waals surface area contributed by atoms with Crippen molar-refractivity contribution in [2.24, 2.45) is 0 Å². The highest BCUT2D eigenvalue weighted by Crippen LogP contribution is 2.32. The number of halogens is 3. The van der Waals surface area contributed by atoms with E-state index in [-0.39, 0.29) is 18.2 Å². The van der Waals surface area contributed by atoms with Gasteiger partial charge in [0.05, 0.1) is 6.04 Å². The molecular weight excluding hydrogens is 270 g/mol. The second-order valence-electron chi connectivity index (χ2n) is 5.12. The SMILES string of the molecule is CCC(Nc1cc(C)c(C(C)C)c(F)c1)C(F)(F)P. The van der Waals surface area contributed by atoms with Crippen LogP contribution in [0, 0.1) is 12.7 Å². The Morgan fingerprint density at radius 2 is 1.89 bits per heavy atom. The standard InChI is InChI=1S/C14H21F3NP/c1-5-12(14(16,17)19)18-10-6-9(4)13(8(2)3)11(15)7-10/h6-8,12,18H,5,19H2,1-4H3. The lowest BCUT2D eigenvalue weighted by molar-refractivity contribution is 0.0800. The fourth-order valence-electron chi connectivity index (χ4n) is 2.24. The lowest BCUT2D eigenvalue weighted by atomic mass is 9.96. The maximum Gasteiger partial charge on any atom is 0.278 e. The number of hydrogen-bond acceptors (Lipinski definition) is 1. The first-order chi connectivity index (χ1) is 8.66. The molecule has 0 aliphatic rings. The monoisotopic (exact) mass is 291 g/mol. The highest BCUT2D eigenvalue weighted by molar-refractivity contribution is 7.18. The molecule has 0 saturated carbocycles. The van der Waals surface area contributed by atoms with Crippen molar-refractivity contribution in [2.75, 3.05) is 5.32 Å². The van der Waals surface area contributed by atoms with E-state index >= 15 is 0 Å². The quantitative estimate of drug-likeness (QED) is 0.760. The molecule has 0 saturated heterocycles. The molecule has 108 valence electrons. The Labute approximate surface area is 115 Å². The van der Waals surface area contributed by atoms with Crippen molar-refractivity contribution in [3.63, 3.8) is 0 Å². The first kappa shape index (κ1) is 16.3. The number of hydrogen-bond donors (Lipinski definition) is 1. The molecule has 0 bridgehead atoms. The molecule has 0 spiro atoms. The van der Waals surface area contributed by atoms with Crippen molar-refractivity contribution in [2.45, 2.75) is 51.7 Å². The lowest BCUT2D eigenvalue weighted by Crippen LogP contribution is -2.34. The molecule has 1 aromatic carbocycles. The molecule has 1 aromatic rings. The molecule has 0 aromatic heterocycles. The molecule has 1 nitrogen and oxygen atoms in total. The number of aryl methyl sites for hydroxylation is 1. The normalized spacial score (nSPS) is 13.7. The first-order valence-corrected chi connectivity index (χ1v) is 6.97. The average molecular weight is 291 g/mol. The maximum absolute atomic E-state index is 14.0. The summed E-state index contributed by atoms with van der Waals surface area (Å²) >= 11 is 0. The van der Waals surface area contributed by atoms with Crippen LogP contribution in [0.1, 0.15) is 44.2 Å². The van der Waals surface area contributed by atoms with Crippen LogP contribution < -0.4 is 5.32 Å². The van der Waals surface area contributed by atoms with E-state index in [4.69, 9.17) is 0 Å². The zero-order valence-electron chi connectivity index (χ0n) is 11.7. The summed E-state index contributed by atoms with van der Waals surface area (Å²) in [7, 11) is 1.53. The minimum atomic E-state index is -2.92. The van der Waals surface area contributed by atoms with Gasteiger partial charge in [0.25, 0.3) is 5.66 Å². The number of anilines is 1. The summed E-state index contributed by atoms with van der Waals surface area (Å²) in [6.07, 6.45) is 0.253. The summed E-state index contributed by atoms with van der Waals surface area (Å²) in [5.74, 6) is -0.279. The molecule has 2 atom stereocenters. The zero-order valence-corrected chi connectivity index (χ0v) is 12.9. The number of alkyl halides is 2. The molecule has 19 heavy (non-hydrogen) atoms. The van der Waals surface area contributed by atoms with Crippen molar-refractivity contribution in [3.8, 4) is 0 Å². The van der Waals surface area contributed by atoms with Crippen LogP contribution in [-0.4, -0.2) is 11.7 Å². The lowest BCUT2D eigenvalue weighted by Gasteiger charge is -2.25. The fraction of sp³-hybridized carbons (Fsp3) is 0.571. The van der Waals surface area contributed by atoms with Crippen LogP contribution in [-0.2, 0) is 0 Å². The van der Waals surface area contributed by atoms with Gasteiger partial charge in [-0.15, -0.1) is 0 Å². The number of nitrogens with one attached hydrogen (secondary N) is 1. The van der Waals surface area contributed by atoms with Gasteiger partial charge in [-0.3, -0.25) is 0 Å². The van der Waals surface area contributed by atoms with Crippen LogP contribution in [0.4, 0.5) is 18.9 Å². The van der Waals surface area contributed by atoms with E-state index in [0.29, 0.717) is 11.3 Å². The maximum atomic E-state index is 14.0. The van der Waals surface area contributed by atoms with E-state index < -0.39 is 11.7 Å². The van der Waals surface area contributed by atoms with Crippen molar-refractivity contribution in [1.29, 1.82) is 0 Å². The summed E-state index contributed by atoms with van der Waals surface area (Å²) in [5, 5.41) is 2.71. The number of rotatable bonds is 5. The highest BCUT2D eigenvalue weighted by atomic mass is 31.0. The summed E-state index contributed by atoms with van der Waals surface area (Å²) in [6.45, 7) is 7.28. The van der Waals surface area contributed by atoms with E-state index in [0.717, 1.165) is 5.56 Å². The van der Waals surface area contributed by atoms with E-state index in [2.05, 4.69) is 5.32 Å². The van der Waals surface area contributed by atoms with Crippen molar-refractivity contribution < 1.29 is 13.2 Å².